The number of likely N-dealkylation sites (tertiary alicyclic amines) is 1. The van der Waals surface area contributed by atoms with Gasteiger partial charge in [-0.3, -0.25) is 4.90 Å². The highest BCUT2D eigenvalue weighted by atomic mass is 79.9. The highest BCUT2D eigenvalue weighted by Gasteiger charge is 2.19. The standard InChI is InChI=1S/C14H19BrFN/c15-8-7-12-4-3-9-17(10-12)11-13-5-1-2-6-14(13)16/h1-2,5-6,12H,3-4,7-11H2. The van der Waals surface area contributed by atoms with Crippen molar-refractivity contribution in [1.82, 2.24) is 4.90 Å². The molecule has 1 aliphatic rings. The van der Waals surface area contributed by atoms with E-state index in [-0.39, 0.29) is 5.82 Å². The van der Waals surface area contributed by atoms with Crippen molar-refractivity contribution in [2.45, 2.75) is 25.8 Å². The Bertz CT molecular complexity index is 354. The Hall–Kier alpha value is -0.410. The van der Waals surface area contributed by atoms with Crippen molar-refractivity contribution in [1.29, 1.82) is 0 Å². The number of nitrogens with zero attached hydrogens (tertiary/aromatic N) is 1. The molecule has 0 spiro atoms. The van der Waals surface area contributed by atoms with E-state index in [1.165, 1.54) is 19.3 Å². The predicted octanol–water partition coefficient (Wildman–Crippen LogP) is 3.82. The zero-order chi connectivity index (χ0) is 12.1. The summed E-state index contributed by atoms with van der Waals surface area (Å²) in [7, 11) is 0. The summed E-state index contributed by atoms with van der Waals surface area (Å²) in [6, 6.07) is 7.11. The van der Waals surface area contributed by atoms with Crippen LogP contribution in [0.1, 0.15) is 24.8 Å². The van der Waals surface area contributed by atoms with Crippen LogP contribution in [-0.4, -0.2) is 23.3 Å². The number of rotatable bonds is 4. The van der Waals surface area contributed by atoms with Crippen LogP contribution in [0.2, 0.25) is 0 Å². The Kier molecular flexibility index (Phi) is 4.99. The zero-order valence-electron chi connectivity index (χ0n) is 10.0. The summed E-state index contributed by atoms with van der Waals surface area (Å²) in [4.78, 5) is 2.38. The molecular weight excluding hydrogens is 281 g/mol. The molecule has 17 heavy (non-hydrogen) atoms. The first-order valence-electron chi connectivity index (χ1n) is 6.31. The SMILES string of the molecule is Fc1ccccc1CN1CCCC(CCBr)C1. The molecule has 1 heterocycles. The third kappa shape index (κ3) is 3.78. The fraction of sp³-hybridized carbons (Fsp3) is 0.571. The fourth-order valence-electron chi connectivity index (χ4n) is 2.55. The minimum absolute atomic E-state index is 0.0740. The molecule has 3 heteroatoms. The maximum atomic E-state index is 13.6. The maximum absolute atomic E-state index is 13.6. The Balaban J connectivity index is 1.92. The van der Waals surface area contributed by atoms with Crippen LogP contribution in [0.15, 0.2) is 24.3 Å². The van der Waals surface area contributed by atoms with E-state index in [0.29, 0.717) is 0 Å². The molecule has 1 nitrogen and oxygen atoms in total. The number of benzene rings is 1. The summed E-state index contributed by atoms with van der Waals surface area (Å²) in [6.45, 7) is 2.97. The Morgan fingerprint density at radius 3 is 2.94 bits per heavy atom. The minimum Gasteiger partial charge on any atom is -0.299 e. The van der Waals surface area contributed by atoms with Crippen LogP contribution in [0, 0.1) is 11.7 Å². The van der Waals surface area contributed by atoms with Gasteiger partial charge in [-0.05, 0) is 37.8 Å². The van der Waals surface area contributed by atoms with Crippen molar-refractivity contribution in [3.05, 3.63) is 35.6 Å². The molecule has 1 saturated heterocycles. The maximum Gasteiger partial charge on any atom is 0.127 e. The normalized spacial score (nSPS) is 21.6. The summed E-state index contributed by atoms with van der Waals surface area (Å²) in [5, 5.41) is 1.07. The number of hydrogen-bond acceptors (Lipinski definition) is 1. The lowest BCUT2D eigenvalue weighted by molar-refractivity contribution is 0.164. The molecule has 0 aromatic heterocycles. The van der Waals surface area contributed by atoms with Gasteiger partial charge >= 0.3 is 0 Å². The predicted molar refractivity (Wildman–Crippen MR) is 72.8 cm³/mol. The number of alkyl halides is 1. The second-order valence-electron chi connectivity index (χ2n) is 4.81. The van der Waals surface area contributed by atoms with Gasteiger partial charge in [0.25, 0.3) is 0 Å². The Morgan fingerprint density at radius 2 is 2.18 bits per heavy atom. The van der Waals surface area contributed by atoms with Crippen LogP contribution in [0.5, 0.6) is 0 Å². The molecule has 1 fully saturated rings. The van der Waals surface area contributed by atoms with Crippen LogP contribution >= 0.6 is 15.9 Å². The van der Waals surface area contributed by atoms with Gasteiger partial charge in [0, 0.05) is 24.0 Å². The van der Waals surface area contributed by atoms with Crippen molar-refractivity contribution < 1.29 is 4.39 Å². The summed E-state index contributed by atoms with van der Waals surface area (Å²) >= 11 is 3.50. The summed E-state index contributed by atoms with van der Waals surface area (Å²) in [6.07, 6.45) is 3.79. The van der Waals surface area contributed by atoms with Crippen molar-refractivity contribution in [2.24, 2.45) is 5.92 Å². The molecule has 1 atom stereocenters. The molecule has 0 N–H and O–H groups in total. The molecule has 1 aliphatic heterocycles. The van der Waals surface area contributed by atoms with Gasteiger partial charge in [-0.25, -0.2) is 4.39 Å². The average Bonchev–Trinajstić information content (AvgIpc) is 2.33. The van der Waals surface area contributed by atoms with E-state index in [4.69, 9.17) is 0 Å². The third-order valence-corrected chi connectivity index (χ3v) is 3.93. The van der Waals surface area contributed by atoms with Crippen LogP contribution in [0.4, 0.5) is 4.39 Å². The average molecular weight is 300 g/mol. The van der Waals surface area contributed by atoms with E-state index >= 15 is 0 Å². The molecule has 0 aliphatic carbocycles. The van der Waals surface area contributed by atoms with Gasteiger partial charge in [0.1, 0.15) is 5.82 Å². The number of hydrogen-bond donors (Lipinski definition) is 0. The highest BCUT2D eigenvalue weighted by Crippen LogP contribution is 2.22. The Labute approximate surface area is 111 Å². The monoisotopic (exact) mass is 299 g/mol. The van der Waals surface area contributed by atoms with E-state index in [2.05, 4.69) is 20.8 Å². The van der Waals surface area contributed by atoms with Gasteiger partial charge in [0.2, 0.25) is 0 Å². The van der Waals surface area contributed by atoms with Crippen LogP contribution in [0.3, 0.4) is 0 Å². The lowest BCUT2D eigenvalue weighted by Crippen LogP contribution is -2.35. The van der Waals surface area contributed by atoms with Gasteiger partial charge in [0.15, 0.2) is 0 Å². The summed E-state index contributed by atoms with van der Waals surface area (Å²) < 4.78 is 13.6. The topological polar surface area (TPSA) is 3.24 Å². The van der Waals surface area contributed by atoms with Gasteiger partial charge in [-0.15, -0.1) is 0 Å². The van der Waals surface area contributed by atoms with Crippen molar-refractivity contribution >= 4 is 15.9 Å². The fourth-order valence-corrected chi connectivity index (χ4v) is 3.20. The van der Waals surface area contributed by atoms with Gasteiger partial charge < -0.3 is 0 Å². The van der Waals surface area contributed by atoms with Crippen molar-refractivity contribution in [2.75, 3.05) is 18.4 Å². The van der Waals surface area contributed by atoms with Crippen LogP contribution < -0.4 is 0 Å². The second-order valence-corrected chi connectivity index (χ2v) is 5.61. The lowest BCUT2D eigenvalue weighted by atomic mass is 9.95. The summed E-state index contributed by atoms with van der Waals surface area (Å²) in [5.74, 6) is 0.699. The molecular formula is C14H19BrFN. The summed E-state index contributed by atoms with van der Waals surface area (Å²) in [5.41, 5.74) is 0.826. The Morgan fingerprint density at radius 1 is 1.35 bits per heavy atom. The van der Waals surface area contributed by atoms with Gasteiger partial charge in [-0.2, -0.15) is 0 Å². The smallest absolute Gasteiger partial charge is 0.127 e. The third-order valence-electron chi connectivity index (χ3n) is 3.47. The molecule has 0 amide bonds. The number of piperidine rings is 1. The second kappa shape index (κ2) is 6.50. The zero-order valence-corrected chi connectivity index (χ0v) is 11.6. The van der Waals surface area contributed by atoms with Crippen molar-refractivity contribution in [3.8, 4) is 0 Å². The highest BCUT2D eigenvalue weighted by molar-refractivity contribution is 9.09. The first-order valence-corrected chi connectivity index (χ1v) is 7.43. The molecule has 0 saturated carbocycles. The minimum atomic E-state index is -0.0740. The van der Waals surface area contributed by atoms with Crippen LogP contribution in [-0.2, 0) is 6.54 Å². The molecule has 94 valence electrons. The number of halogens is 2. The molecule has 0 radical (unpaired) electrons. The van der Waals surface area contributed by atoms with Gasteiger partial charge in [0.05, 0.1) is 0 Å². The van der Waals surface area contributed by atoms with E-state index < -0.39 is 0 Å². The van der Waals surface area contributed by atoms with Crippen molar-refractivity contribution in [3.63, 3.8) is 0 Å². The lowest BCUT2D eigenvalue weighted by Gasteiger charge is -2.32. The first-order chi connectivity index (χ1) is 8.29. The van der Waals surface area contributed by atoms with E-state index in [1.54, 1.807) is 12.1 Å². The quantitative estimate of drug-likeness (QED) is 0.764. The van der Waals surface area contributed by atoms with Crippen LogP contribution in [0.25, 0.3) is 0 Å². The molecule has 1 unspecified atom stereocenters. The van der Waals surface area contributed by atoms with E-state index in [9.17, 15) is 4.39 Å². The first kappa shape index (κ1) is 13.0. The molecule has 1 aromatic carbocycles. The van der Waals surface area contributed by atoms with E-state index in [0.717, 1.165) is 36.4 Å². The molecule has 2 rings (SSSR count). The largest absolute Gasteiger partial charge is 0.299 e. The molecule has 1 aromatic rings. The van der Waals surface area contributed by atoms with Gasteiger partial charge in [-0.1, -0.05) is 34.1 Å². The molecule has 0 bridgehead atoms. The van der Waals surface area contributed by atoms with E-state index in [1.807, 2.05) is 12.1 Å².